The molecule has 1 aromatic carbocycles. The van der Waals surface area contributed by atoms with Crippen LogP contribution in [0.4, 0.5) is 4.79 Å². The van der Waals surface area contributed by atoms with Gasteiger partial charge in [-0.3, -0.25) is 0 Å². The van der Waals surface area contributed by atoms with Gasteiger partial charge in [0.2, 0.25) is 0 Å². The van der Waals surface area contributed by atoms with Crippen molar-refractivity contribution in [1.29, 1.82) is 0 Å². The lowest BCUT2D eigenvalue weighted by atomic mass is 9.92. The van der Waals surface area contributed by atoms with Crippen molar-refractivity contribution in [2.45, 2.75) is 12.5 Å². The van der Waals surface area contributed by atoms with E-state index in [9.17, 15) is 14.7 Å². The molecule has 0 fully saturated rings. The van der Waals surface area contributed by atoms with Gasteiger partial charge in [0.15, 0.2) is 5.54 Å². The second kappa shape index (κ2) is 6.38. The summed E-state index contributed by atoms with van der Waals surface area (Å²) < 4.78 is 5.56. The van der Waals surface area contributed by atoms with E-state index in [4.69, 9.17) is 4.74 Å². The summed E-state index contributed by atoms with van der Waals surface area (Å²) in [6.07, 6.45) is 0.588. The summed E-state index contributed by atoms with van der Waals surface area (Å²) >= 11 is 3.26. The van der Waals surface area contributed by atoms with Gasteiger partial charge in [-0.05, 0) is 24.6 Å². The summed E-state index contributed by atoms with van der Waals surface area (Å²) in [5, 5.41) is 11.7. The number of alkyl carbamates (subject to hydrolysis) is 1. The second-order valence-corrected chi connectivity index (χ2v) is 4.86. The Hall–Kier alpha value is -1.82. The smallest absolute Gasteiger partial charge is 0.408 e. The Balaban J connectivity index is 2.97. The fourth-order valence-corrected chi connectivity index (χ4v) is 1.67. The molecule has 1 unspecified atom stereocenters. The topological polar surface area (TPSA) is 75.6 Å². The number of carbonyl (C=O) groups excluding carboxylic acids is 1. The molecule has 0 aliphatic rings. The largest absolute Gasteiger partial charge is 0.479 e. The predicted molar refractivity (Wildman–Crippen MR) is 73.8 cm³/mol. The highest BCUT2D eigenvalue weighted by atomic mass is 79.9. The number of benzene rings is 1. The lowest BCUT2D eigenvalue weighted by Crippen LogP contribution is -2.49. The van der Waals surface area contributed by atoms with Crippen molar-refractivity contribution in [3.63, 3.8) is 0 Å². The van der Waals surface area contributed by atoms with Crippen LogP contribution in [0.2, 0.25) is 0 Å². The van der Waals surface area contributed by atoms with Gasteiger partial charge in [0, 0.05) is 4.47 Å². The summed E-state index contributed by atoms with van der Waals surface area (Å²) in [4.78, 5) is 22.9. The van der Waals surface area contributed by atoms with Crippen molar-refractivity contribution in [3.8, 4) is 0 Å². The van der Waals surface area contributed by atoms with Gasteiger partial charge in [-0.15, -0.1) is 0 Å². The van der Waals surface area contributed by atoms with Gasteiger partial charge < -0.3 is 15.2 Å². The standard InChI is InChI=1S/C13H14BrNO4/c1-3-8-19-12(18)15-13(2,11(16)17)9-4-6-10(14)7-5-9/h3-7H,1,8H2,2H3,(H,15,18)(H,16,17). The molecule has 2 N–H and O–H groups in total. The number of ether oxygens (including phenoxy) is 1. The molecule has 0 saturated heterocycles. The molecular weight excluding hydrogens is 314 g/mol. The molecule has 1 atom stereocenters. The Morgan fingerprint density at radius 2 is 2.05 bits per heavy atom. The van der Waals surface area contributed by atoms with Gasteiger partial charge in [-0.25, -0.2) is 9.59 Å². The van der Waals surface area contributed by atoms with E-state index in [-0.39, 0.29) is 6.61 Å². The van der Waals surface area contributed by atoms with Crippen LogP contribution in [0, 0.1) is 0 Å². The molecule has 1 aromatic rings. The maximum atomic E-state index is 11.5. The first kappa shape index (κ1) is 15.2. The number of carboxylic acid groups (broad SMARTS) is 1. The van der Waals surface area contributed by atoms with Crippen LogP contribution in [-0.2, 0) is 15.1 Å². The Kier molecular flexibility index (Phi) is 5.11. The van der Waals surface area contributed by atoms with Crippen molar-refractivity contribution < 1.29 is 19.4 Å². The van der Waals surface area contributed by atoms with Crippen molar-refractivity contribution in [2.75, 3.05) is 6.61 Å². The molecule has 1 rings (SSSR count). The fourth-order valence-electron chi connectivity index (χ4n) is 1.41. The van der Waals surface area contributed by atoms with E-state index < -0.39 is 17.6 Å². The summed E-state index contributed by atoms with van der Waals surface area (Å²) in [5.41, 5.74) is -1.11. The average Bonchev–Trinajstić information content (AvgIpc) is 2.36. The normalized spacial score (nSPS) is 13.2. The molecule has 6 heteroatoms. The summed E-state index contributed by atoms with van der Waals surface area (Å²) in [6, 6.07) is 6.64. The number of carboxylic acids is 1. The van der Waals surface area contributed by atoms with Gasteiger partial charge in [0.05, 0.1) is 0 Å². The van der Waals surface area contributed by atoms with Crippen molar-refractivity contribution in [2.24, 2.45) is 0 Å². The highest BCUT2D eigenvalue weighted by Crippen LogP contribution is 2.23. The zero-order valence-corrected chi connectivity index (χ0v) is 11.9. The van der Waals surface area contributed by atoms with Crippen LogP contribution in [0.3, 0.4) is 0 Å². The summed E-state index contributed by atoms with van der Waals surface area (Å²) in [7, 11) is 0. The van der Waals surface area contributed by atoms with Gasteiger partial charge in [0.1, 0.15) is 6.61 Å². The van der Waals surface area contributed by atoms with Gasteiger partial charge in [-0.2, -0.15) is 0 Å². The molecule has 1 amide bonds. The van der Waals surface area contributed by atoms with E-state index >= 15 is 0 Å². The van der Waals surface area contributed by atoms with Crippen molar-refractivity contribution in [1.82, 2.24) is 5.32 Å². The first-order valence-electron chi connectivity index (χ1n) is 5.45. The first-order chi connectivity index (χ1) is 8.90. The number of aliphatic carboxylic acids is 1. The van der Waals surface area contributed by atoms with Crippen LogP contribution in [-0.4, -0.2) is 23.8 Å². The van der Waals surface area contributed by atoms with Crippen LogP contribution in [0.25, 0.3) is 0 Å². The SMILES string of the molecule is C=CCOC(=O)NC(C)(C(=O)O)c1ccc(Br)cc1. The third kappa shape index (κ3) is 3.82. The Morgan fingerprint density at radius 3 is 2.53 bits per heavy atom. The first-order valence-corrected chi connectivity index (χ1v) is 6.24. The maximum Gasteiger partial charge on any atom is 0.408 e. The van der Waals surface area contributed by atoms with Gasteiger partial charge in [0.25, 0.3) is 0 Å². The van der Waals surface area contributed by atoms with E-state index in [1.165, 1.54) is 13.0 Å². The maximum absolute atomic E-state index is 11.5. The van der Waals surface area contributed by atoms with E-state index in [0.29, 0.717) is 5.56 Å². The highest BCUT2D eigenvalue weighted by molar-refractivity contribution is 9.10. The van der Waals surface area contributed by atoms with Crippen LogP contribution < -0.4 is 5.32 Å². The third-order valence-electron chi connectivity index (χ3n) is 2.53. The minimum Gasteiger partial charge on any atom is -0.479 e. The number of nitrogens with one attached hydrogen (secondary N) is 1. The van der Waals surface area contributed by atoms with E-state index in [1.807, 2.05) is 0 Å². The van der Waals surface area contributed by atoms with E-state index in [0.717, 1.165) is 4.47 Å². The lowest BCUT2D eigenvalue weighted by molar-refractivity contribution is -0.144. The molecule has 19 heavy (non-hydrogen) atoms. The second-order valence-electron chi connectivity index (χ2n) is 3.95. The van der Waals surface area contributed by atoms with E-state index in [2.05, 4.69) is 27.8 Å². The van der Waals surface area contributed by atoms with Crippen molar-refractivity contribution in [3.05, 3.63) is 47.0 Å². The molecule has 0 saturated carbocycles. The van der Waals surface area contributed by atoms with Crippen LogP contribution in [0.1, 0.15) is 12.5 Å². The highest BCUT2D eigenvalue weighted by Gasteiger charge is 2.37. The number of carbonyl (C=O) groups is 2. The summed E-state index contributed by atoms with van der Waals surface area (Å²) in [6.45, 7) is 4.82. The van der Waals surface area contributed by atoms with Gasteiger partial charge in [-0.1, -0.05) is 40.7 Å². The minimum atomic E-state index is -1.56. The molecule has 5 nitrogen and oxygen atoms in total. The molecule has 0 aliphatic heterocycles. The molecule has 0 bridgehead atoms. The number of hydrogen-bond acceptors (Lipinski definition) is 3. The molecule has 102 valence electrons. The predicted octanol–water partition coefficient (Wildman–Crippen LogP) is 2.66. The Morgan fingerprint density at radius 1 is 1.47 bits per heavy atom. The average molecular weight is 328 g/mol. The summed E-state index contributed by atoms with van der Waals surface area (Å²) in [5.74, 6) is -1.18. The van der Waals surface area contributed by atoms with Crippen LogP contribution in [0.5, 0.6) is 0 Å². The Bertz CT molecular complexity index is 486. The van der Waals surface area contributed by atoms with E-state index in [1.54, 1.807) is 24.3 Å². The molecule has 0 heterocycles. The van der Waals surface area contributed by atoms with Crippen LogP contribution >= 0.6 is 15.9 Å². The third-order valence-corrected chi connectivity index (χ3v) is 3.06. The molecule has 0 radical (unpaired) electrons. The van der Waals surface area contributed by atoms with Crippen molar-refractivity contribution >= 4 is 28.0 Å². The lowest BCUT2D eigenvalue weighted by Gasteiger charge is -2.26. The molecule has 0 aliphatic carbocycles. The number of rotatable bonds is 5. The molecule has 0 aromatic heterocycles. The number of hydrogen-bond donors (Lipinski definition) is 2. The molecular formula is C13H14BrNO4. The minimum absolute atomic E-state index is 0.0157. The Labute approximate surface area is 119 Å². The molecule has 0 spiro atoms. The fraction of sp³-hybridized carbons (Fsp3) is 0.231. The van der Waals surface area contributed by atoms with Gasteiger partial charge >= 0.3 is 12.1 Å². The van der Waals surface area contributed by atoms with Crippen LogP contribution in [0.15, 0.2) is 41.4 Å². The monoisotopic (exact) mass is 327 g/mol. The zero-order valence-electron chi connectivity index (χ0n) is 10.4. The number of amides is 1. The zero-order chi connectivity index (χ0) is 14.5. The quantitative estimate of drug-likeness (QED) is 0.815. The number of halogens is 1.